The molecular formula is C25H17N3O5S. The minimum absolute atomic E-state index is 0.0333. The Morgan fingerprint density at radius 2 is 1.76 bits per heavy atom. The van der Waals surface area contributed by atoms with Gasteiger partial charge in [0.15, 0.2) is 5.17 Å². The van der Waals surface area contributed by atoms with Crippen molar-refractivity contribution in [3.63, 3.8) is 0 Å². The molecule has 0 aliphatic carbocycles. The summed E-state index contributed by atoms with van der Waals surface area (Å²) in [5.74, 6) is -1.38. The molecule has 0 spiro atoms. The first-order valence-corrected chi connectivity index (χ1v) is 10.9. The van der Waals surface area contributed by atoms with Crippen LogP contribution in [0.2, 0.25) is 0 Å². The number of nitro groups is 1. The van der Waals surface area contributed by atoms with Gasteiger partial charge in [-0.2, -0.15) is 0 Å². The second-order valence-electron chi connectivity index (χ2n) is 7.03. The second-order valence-corrected chi connectivity index (χ2v) is 8.04. The zero-order chi connectivity index (χ0) is 24.1. The normalized spacial score (nSPS) is 16.0. The minimum Gasteiger partial charge on any atom is -0.478 e. The Bertz CT molecular complexity index is 1370. The Hall–Kier alpha value is -4.50. The van der Waals surface area contributed by atoms with Crippen LogP contribution in [-0.2, 0) is 4.79 Å². The number of amidine groups is 1. The molecule has 1 aliphatic rings. The van der Waals surface area contributed by atoms with Crippen LogP contribution in [-0.4, -0.2) is 27.1 Å². The van der Waals surface area contributed by atoms with Gasteiger partial charge in [0, 0.05) is 6.07 Å². The largest absolute Gasteiger partial charge is 0.478 e. The predicted octanol–water partition coefficient (Wildman–Crippen LogP) is 5.66. The number of hydrogen-bond donors (Lipinski definition) is 1. The number of nitro benzene ring substituents is 1. The number of benzene rings is 3. The molecular weight excluding hydrogens is 454 g/mol. The minimum atomic E-state index is -1.07. The molecule has 34 heavy (non-hydrogen) atoms. The Balaban J connectivity index is 1.70. The number of rotatable bonds is 6. The Kier molecular flexibility index (Phi) is 6.65. The number of aromatic carboxylic acids is 1. The number of thioether (sulfide) groups is 1. The van der Waals surface area contributed by atoms with Crippen molar-refractivity contribution >= 4 is 51.9 Å². The summed E-state index contributed by atoms with van der Waals surface area (Å²) in [4.78, 5) is 41.6. The average Bonchev–Trinajstić information content (AvgIpc) is 3.14. The first kappa shape index (κ1) is 22.7. The van der Waals surface area contributed by atoms with Gasteiger partial charge in [-0.15, -0.1) is 0 Å². The van der Waals surface area contributed by atoms with Crippen molar-refractivity contribution < 1.29 is 19.6 Å². The van der Waals surface area contributed by atoms with Crippen molar-refractivity contribution in [2.75, 3.05) is 4.90 Å². The van der Waals surface area contributed by atoms with Gasteiger partial charge in [-0.3, -0.25) is 19.8 Å². The van der Waals surface area contributed by atoms with Crippen molar-refractivity contribution in [1.82, 2.24) is 0 Å². The summed E-state index contributed by atoms with van der Waals surface area (Å²) < 4.78 is 0. The average molecular weight is 471 g/mol. The Labute approximate surface area is 198 Å². The lowest BCUT2D eigenvalue weighted by Crippen LogP contribution is -2.28. The maximum Gasteiger partial charge on any atom is 0.335 e. The molecule has 4 rings (SSSR count). The van der Waals surface area contributed by atoms with Crippen molar-refractivity contribution in [2.24, 2.45) is 4.99 Å². The van der Waals surface area contributed by atoms with E-state index in [0.29, 0.717) is 27.0 Å². The van der Waals surface area contributed by atoms with Crippen molar-refractivity contribution in [2.45, 2.75) is 0 Å². The van der Waals surface area contributed by atoms with E-state index in [1.165, 1.54) is 23.1 Å². The van der Waals surface area contributed by atoms with Gasteiger partial charge in [0.05, 0.1) is 32.3 Å². The van der Waals surface area contributed by atoms with Crippen LogP contribution in [0.25, 0.3) is 6.08 Å². The van der Waals surface area contributed by atoms with Crippen LogP contribution in [0.5, 0.6) is 0 Å². The fourth-order valence-corrected chi connectivity index (χ4v) is 4.17. The third-order valence-corrected chi connectivity index (χ3v) is 5.78. The molecule has 1 heterocycles. The standard InChI is InChI=1S/C25H17N3O5S/c29-23-22(15-7-9-17-8-4-5-14-21(17)28(32)33)34-25(27(23)20-12-2-1-3-13-20)26-19-11-6-10-18(16-19)24(30)31/h1-16H,(H,30,31)/b9-7+,22-15-,26-25?. The first-order chi connectivity index (χ1) is 16.4. The van der Waals surface area contributed by atoms with Crippen molar-refractivity contribution in [1.29, 1.82) is 0 Å². The molecule has 8 nitrogen and oxygen atoms in total. The third-order valence-electron chi connectivity index (χ3n) is 4.80. The molecule has 1 saturated heterocycles. The van der Waals surface area contributed by atoms with E-state index in [-0.39, 0.29) is 17.2 Å². The lowest BCUT2D eigenvalue weighted by atomic mass is 10.1. The summed E-state index contributed by atoms with van der Waals surface area (Å²) in [5, 5.41) is 20.8. The van der Waals surface area contributed by atoms with Gasteiger partial charge >= 0.3 is 5.97 Å². The van der Waals surface area contributed by atoms with E-state index in [1.54, 1.807) is 72.8 Å². The molecule has 0 aromatic heterocycles. The third kappa shape index (κ3) is 4.94. The number of nitrogens with zero attached hydrogens (tertiary/aromatic N) is 3. The second kappa shape index (κ2) is 9.97. The highest BCUT2D eigenvalue weighted by Gasteiger charge is 2.34. The molecule has 0 saturated carbocycles. The molecule has 0 atom stereocenters. The molecule has 0 unspecified atom stereocenters. The fourth-order valence-electron chi connectivity index (χ4n) is 3.22. The number of amides is 1. The van der Waals surface area contributed by atoms with Crippen LogP contribution in [0, 0.1) is 10.1 Å². The zero-order valence-corrected chi connectivity index (χ0v) is 18.4. The van der Waals surface area contributed by atoms with Crippen molar-refractivity contribution in [3.8, 4) is 0 Å². The zero-order valence-electron chi connectivity index (χ0n) is 17.6. The van der Waals surface area contributed by atoms with Crippen LogP contribution < -0.4 is 4.90 Å². The van der Waals surface area contributed by atoms with E-state index >= 15 is 0 Å². The molecule has 3 aromatic rings. The van der Waals surface area contributed by atoms with E-state index in [0.717, 1.165) is 11.8 Å². The van der Waals surface area contributed by atoms with Crippen molar-refractivity contribution in [3.05, 3.63) is 117 Å². The molecule has 1 N–H and O–H groups in total. The number of hydrogen-bond acceptors (Lipinski definition) is 6. The summed E-state index contributed by atoms with van der Waals surface area (Å²) >= 11 is 1.13. The molecule has 3 aromatic carbocycles. The molecule has 1 fully saturated rings. The van der Waals surface area contributed by atoms with E-state index in [4.69, 9.17) is 0 Å². The number of carbonyl (C=O) groups is 2. The number of anilines is 1. The van der Waals surface area contributed by atoms with Crippen LogP contribution >= 0.6 is 11.8 Å². The lowest BCUT2D eigenvalue weighted by molar-refractivity contribution is -0.385. The quantitative estimate of drug-likeness (QED) is 0.282. The smallest absolute Gasteiger partial charge is 0.335 e. The predicted molar refractivity (Wildman–Crippen MR) is 132 cm³/mol. The number of para-hydroxylation sites is 2. The SMILES string of the molecule is O=C(O)c1cccc(N=C2S/C(=C\C=C\c3ccccc3[N+](=O)[O-])C(=O)N2c2ccccc2)c1. The molecule has 1 aliphatic heterocycles. The highest BCUT2D eigenvalue weighted by atomic mass is 32.2. The van der Waals surface area contributed by atoms with E-state index in [2.05, 4.69) is 4.99 Å². The maximum absolute atomic E-state index is 13.2. The topological polar surface area (TPSA) is 113 Å². The van der Waals surface area contributed by atoms with Gasteiger partial charge in [0.2, 0.25) is 0 Å². The number of allylic oxidation sites excluding steroid dienone is 2. The number of carboxylic acids is 1. The lowest BCUT2D eigenvalue weighted by Gasteiger charge is -2.15. The van der Waals surface area contributed by atoms with E-state index < -0.39 is 10.9 Å². The van der Waals surface area contributed by atoms with Crippen LogP contribution in [0.1, 0.15) is 15.9 Å². The number of aliphatic imine (C=N–C) groups is 1. The number of carboxylic acid groups (broad SMARTS) is 1. The molecule has 0 radical (unpaired) electrons. The monoisotopic (exact) mass is 471 g/mol. The highest BCUT2D eigenvalue weighted by molar-refractivity contribution is 8.19. The number of carbonyl (C=O) groups excluding carboxylic acids is 1. The van der Waals surface area contributed by atoms with E-state index in [9.17, 15) is 24.8 Å². The molecule has 1 amide bonds. The highest BCUT2D eigenvalue weighted by Crippen LogP contribution is 2.36. The fraction of sp³-hybridized carbons (Fsp3) is 0. The maximum atomic E-state index is 13.2. The summed E-state index contributed by atoms with van der Waals surface area (Å²) in [6.07, 6.45) is 4.73. The van der Waals surface area contributed by atoms with Gasteiger partial charge in [-0.1, -0.05) is 42.5 Å². The van der Waals surface area contributed by atoms with Crippen LogP contribution in [0.15, 0.2) is 101 Å². The molecule has 0 bridgehead atoms. The van der Waals surface area contributed by atoms with Gasteiger partial charge < -0.3 is 5.11 Å². The van der Waals surface area contributed by atoms with Crippen LogP contribution in [0.4, 0.5) is 17.1 Å². The molecule has 168 valence electrons. The van der Waals surface area contributed by atoms with Gasteiger partial charge in [-0.05, 0) is 60.3 Å². The summed E-state index contributed by atoms with van der Waals surface area (Å²) in [7, 11) is 0. The van der Waals surface area contributed by atoms with Gasteiger partial charge in [-0.25, -0.2) is 9.79 Å². The Morgan fingerprint density at radius 1 is 1.03 bits per heavy atom. The summed E-state index contributed by atoms with van der Waals surface area (Å²) in [6, 6.07) is 21.4. The summed E-state index contributed by atoms with van der Waals surface area (Å²) in [6.45, 7) is 0. The molecule has 9 heteroatoms. The first-order valence-electron chi connectivity index (χ1n) is 10.1. The Morgan fingerprint density at radius 3 is 2.50 bits per heavy atom. The van der Waals surface area contributed by atoms with E-state index in [1.807, 2.05) is 6.07 Å². The van der Waals surface area contributed by atoms with Crippen LogP contribution in [0.3, 0.4) is 0 Å². The van der Waals surface area contributed by atoms with Gasteiger partial charge in [0.25, 0.3) is 11.6 Å². The van der Waals surface area contributed by atoms with Gasteiger partial charge in [0.1, 0.15) is 0 Å². The summed E-state index contributed by atoms with van der Waals surface area (Å²) in [5.41, 5.74) is 1.48.